The van der Waals surface area contributed by atoms with Crippen LogP contribution < -0.4 is 0 Å². The Morgan fingerprint density at radius 2 is 2.03 bits per heavy atom. The standard InChI is InChI=1S/C22H22F2N4O3/c1-12-5-3-4-6-15(12)22(7-8-22)21-25-19(31-27-21)17-11-16(18(23)24)26-28(17)14-9-13(10-14)20(29)30-2/h3-6,11,13-14,18H,7-10H2,1-2H3. The lowest BCUT2D eigenvalue weighted by Crippen LogP contribution is -2.34. The number of halogens is 2. The lowest BCUT2D eigenvalue weighted by Gasteiger charge is -2.33. The highest BCUT2D eigenvalue weighted by Crippen LogP contribution is 2.53. The molecule has 9 heteroatoms. The van der Waals surface area contributed by atoms with Gasteiger partial charge in [-0.1, -0.05) is 29.4 Å². The molecule has 0 saturated heterocycles. The van der Waals surface area contributed by atoms with Gasteiger partial charge in [-0.25, -0.2) is 8.78 Å². The van der Waals surface area contributed by atoms with Crippen LogP contribution in [-0.2, 0) is 14.9 Å². The summed E-state index contributed by atoms with van der Waals surface area (Å²) >= 11 is 0. The van der Waals surface area contributed by atoms with E-state index >= 15 is 0 Å². The number of aryl methyl sites for hydroxylation is 1. The molecule has 162 valence electrons. The Morgan fingerprint density at radius 3 is 2.68 bits per heavy atom. The van der Waals surface area contributed by atoms with E-state index in [-0.39, 0.29) is 34.9 Å². The summed E-state index contributed by atoms with van der Waals surface area (Å²) in [5, 5.41) is 8.28. The number of hydrogen-bond acceptors (Lipinski definition) is 6. The zero-order valence-corrected chi connectivity index (χ0v) is 17.2. The average molecular weight is 428 g/mol. The van der Waals surface area contributed by atoms with Crippen molar-refractivity contribution in [1.82, 2.24) is 19.9 Å². The molecule has 0 spiro atoms. The summed E-state index contributed by atoms with van der Waals surface area (Å²) in [6.07, 6.45) is 0.0283. The van der Waals surface area contributed by atoms with Crippen molar-refractivity contribution < 1.29 is 22.8 Å². The summed E-state index contributed by atoms with van der Waals surface area (Å²) < 4.78 is 38.5. The van der Waals surface area contributed by atoms with Gasteiger partial charge in [0, 0.05) is 0 Å². The number of esters is 1. The van der Waals surface area contributed by atoms with Crippen LogP contribution in [0, 0.1) is 12.8 Å². The lowest BCUT2D eigenvalue weighted by molar-refractivity contribution is -0.149. The Morgan fingerprint density at radius 1 is 1.29 bits per heavy atom. The highest BCUT2D eigenvalue weighted by Gasteiger charge is 2.51. The van der Waals surface area contributed by atoms with E-state index in [0.717, 1.165) is 24.0 Å². The number of nitrogens with zero attached hydrogens (tertiary/aromatic N) is 4. The molecule has 7 nitrogen and oxygen atoms in total. The van der Waals surface area contributed by atoms with Crippen molar-refractivity contribution in [1.29, 1.82) is 0 Å². The van der Waals surface area contributed by atoms with E-state index < -0.39 is 6.43 Å². The van der Waals surface area contributed by atoms with E-state index in [1.807, 2.05) is 12.1 Å². The van der Waals surface area contributed by atoms with Crippen molar-refractivity contribution in [2.45, 2.75) is 50.5 Å². The van der Waals surface area contributed by atoms with Crippen molar-refractivity contribution >= 4 is 5.97 Å². The molecule has 0 N–H and O–H groups in total. The molecule has 0 radical (unpaired) electrons. The minimum Gasteiger partial charge on any atom is -0.469 e. The maximum atomic E-state index is 13.4. The summed E-state index contributed by atoms with van der Waals surface area (Å²) in [5.41, 5.74) is 2.01. The quantitative estimate of drug-likeness (QED) is 0.542. The van der Waals surface area contributed by atoms with E-state index in [1.54, 1.807) is 0 Å². The number of benzene rings is 1. The summed E-state index contributed by atoms with van der Waals surface area (Å²) in [5.74, 6) is 0.170. The third-order valence-corrected chi connectivity index (χ3v) is 6.46. The van der Waals surface area contributed by atoms with Crippen LogP contribution in [-0.4, -0.2) is 33.0 Å². The minimum atomic E-state index is -2.72. The van der Waals surface area contributed by atoms with E-state index in [9.17, 15) is 13.6 Å². The smallest absolute Gasteiger partial charge is 0.308 e. The van der Waals surface area contributed by atoms with Crippen LogP contribution >= 0.6 is 0 Å². The maximum absolute atomic E-state index is 13.4. The second-order valence-electron chi connectivity index (χ2n) is 8.37. The zero-order valence-electron chi connectivity index (χ0n) is 17.2. The molecule has 0 unspecified atom stereocenters. The Bertz CT molecular complexity index is 1130. The van der Waals surface area contributed by atoms with Crippen molar-refractivity contribution in [3.63, 3.8) is 0 Å². The Kier molecular flexibility index (Phi) is 4.64. The number of aromatic nitrogens is 4. The van der Waals surface area contributed by atoms with E-state index in [2.05, 4.69) is 34.3 Å². The number of hydrogen-bond donors (Lipinski definition) is 0. The Labute approximate surface area is 177 Å². The molecule has 31 heavy (non-hydrogen) atoms. The third-order valence-electron chi connectivity index (χ3n) is 6.46. The SMILES string of the molecule is COC(=O)C1CC(n2nc(C(F)F)cc2-c2nc(C3(c4ccccc4C)CC3)no2)C1. The van der Waals surface area contributed by atoms with Gasteiger partial charge in [-0.15, -0.1) is 0 Å². The molecule has 0 amide bonds. The van der Waals surface area contributed by atoms with Gasteiger partial charge in [0.15, 0.2) is 5.82 Å². The topological polar surface area (TPSA) is 83.0 Å². The first kappa shape index (κ1) is 19.8. The first-order valence-corrected chi connectivity index (χ1v) is 10.3. The van der Waals surface area contributed by atoms with Crippen LogP contribution in [0.4, 0.5) is 8.78 Å². The molecule has 2 saturated carbocycles. The highest BCUT2D eigenvalue weighted by molar-refractivity contribution is 5.73. The number of carbonyl (C=O) groups excluding carboxylic acids is 1. The van der Waals surface area contributed by atoms with Crippen molar-refractivity contribution in [2.75, 3.05) is 7.11 Å². The van der Waals surface area contributed by atoms with E-state index in [4.69, 9.17) is 9.26 Å². The molecule has 2 aromatic heterocycles. The lowest BCUT2D eigenvalue weighted by atomic mass is 9.80. The third kappa shape index (κ3) is 3.23. The van der Waals surface area contributed by atoms with Crippen molar-refractivity contribution in [2.24, 2.45) is 5.92 Å². The molecule has 0 aliphatic heterocycles. The first-order chi connectivity index (χ1) is 14.9. The highest BCUT2D eigenvalue weighted by atomic mass is 19.3. The fourth-order valence-corrected chi connectivity index (χ4v) is 4.47. The normalized spacial score (nSPS) is 21.7. The molecule has 0 atom stereocenters. The minimum absolute atomic E-state index is 0.163. The Balaban J connectivity index is 1.47. The average Bonchev–Trinajstić information content (AvgIpc) is 3.17. The molecule has 2 fully saturated rings. The van der Waals surface area contributed by atoms with E-state index in [1.165, 1.54) is 17.9 Å². The molecule has 2 heterocycles. The number of alkyl halides is 2. The van der Waals surface area contributed by atoms with Gasteiger partial charge >= 0.3 is 5.97 Å². The molecular formula is C22H22F2N4O3. The molecule has 5 rings (SSSR count). The number of ether oxygens (including phenoxy) is 1. The first-order valence-electron chi connectivity index (χ1n) is 10.3. The molecule has 2 aliphatic carbocycles. The fourth-order valence-electron chi connectivity index (χ4n) is 4.47. The second-order valence-corrected chi connectivity index (χ2v) is 8.37. The Hall–Kier alpha value is -3.10. The summed E-state index contributed by atoms with van der Waals surface area (Å²) in [6, 6.07) is 9.19. The number of methoxy groups -OCH3 is 1. The second kappa shape index (κ2) is 7.25. The van der Waals surface area contributed by atoms with Gasteiger partial charge in [-0.3, -0.25) is 9.48 Å². The van der Waals surface area contributed by atoms with Crippen LogP contribution in [0.5, 0.6) is 0 Å². The van der Waals surface area contributed by atoms with Gasteiger partial charge in [0.1, 0.15) is 11.4 Å². The summed E-state index contributed by atoms with van der Waals surface area (Å²) in [6.45, 7) is 2.05. The van der Waals surface area contributed by atoms with Crippen LogP contribution in [0.1, 0.15) is 60.8 Å². The van der Waals surface area contributed by atoms with Crippen LogP contribution in [0.15, 0.2) is 34.9 Å². The van der Waals surface area contributed by atoms with Crippen molar-refractivity contribution in [3.05, 3.63) is 53.0 Å². The molecule has 3 aromatic rings. The number of rotatable bonds is 6. The monoisotopic (exact) mass is 428 g/mol. The predicted molar refractivity (Wildman–Crippen MR) is 105 cm³/mol. The van der Waals surface area contributed by atoms with E-state index in [0.29, 0.717) is 24.4 Å². The molecule has 0 bridgehead atoms. The van der Waals surface area contributed by atoms with Crippen molar-refractivity contribution in [3.8, 4) is 11.6 Å². The fraction of sp³-hybridized carbons (Fsp3) is 0.455. The van der Waals surface area contributed by atoms with Gasteiger partial charge < -0.3 is 9.26 Å². The van der Waals surface area contributed by atoms with Gasteiger partial charge in [0.25, 0.3) is 12.3 Å². The molecular weight excluding hydrogens is 406 g/mol. The van der Waals surface area contributed by atoms with Gasteiger partial charge in [0.05, 0.1) is 24.5 Å². The molecule has 2 aliphatic rings. The van der Waals surface area contributed by atoms with Crippen LogP contribution in [0.3, 0.4) is 0 Å². The van der Waals surface area contributed by atoms with Gasteiger partial charge in [-0.05, 0) is 49.8 Å². The van der Waals surface area contributed by atoms with Gasteiger partial charge in [0.2, 0.25) is 0 Å². The number of carbonyl (C=O) groups is 1. The molecule has 1 aromatic carbocycles. The van der Waals surface area contributed by atoms with Gasteiger partial charge in [-0.2, -0.15) is 10.1 Å². The predicted octanol–water partition coefficient (Wildman–Crippen LogP) is 4.38. The summed E-state index contributed by atoms with van der Waals surface area (Å²) in [7, 11) is 1.34. The largest absolute Gasteiger partial charge is 0.469 e. The van der Waals surface area contributed by atoms with Crippen LogP contribution in [0.2, 0.25) is 0 Å². The zero-order chi connectivity index (χ0) is 21.8. The summed E-state index contributed by atoms with van der Waals surface area (Å²) in [4.78, 5) is 16.3. The van der Waals surface area contributed by atoms with Crippen LogP contribution in [0.25, 0.3) is 11.6 Å². The maximum Gasteiger partial charge on any atom is 0.308 e.